The highest BCUT2D eigenvalue weighted by Gasteiger charge is 2.24. The van der Waals surface area contributed by atoms with Crippen molar-refractivity contribution < 1.29 is 9.47 Å². The molecule has 0 bridgehead atoms. The van der Waals surface area contributed by atoms with Crippen molar-refractivity contribution in [3.05, 3.63) is 29.8 Å². The van der Waals surface area contributed by atoms with Gasteiger partial charge in [0.25, 0.3) is 0 Å². The molecule has 5 nitrogen and oxygen atoms in total. The summed E-state index contributed by atoms with van der Waals surface area (Å²) in [6, 6.07) is 8.07. The summed E-state index contributed by atoms with van der Waals surface area (Å²) in [6.07, 6.45) is 1.16. The molecular weight excluding hydrogens is 405 g/mol. The van der Waals surface area contributed by atoms with Crippen LogP contribution in [-0.2, 0) is 4.74 Å². The quantitative estimate of drug-likeness (QED) is 0.324. The second-order valence-corrected chi connectivity index (χ2v) is 5.64. The van der Waals surface area contributed by atoms with E-state index in [2.05, 4.69) is 28.2 Å². The van der Waals surface area contributed by atoms with Gasteiger partial charge < -0.3 is 19.7 Å². The molecule has 130 valence electrons. The Kier molecular flexibility index (Phi) is 9.31. The van der Waals surface area contributed by atoms with Crippen LogP contribution >= 0.6 is 24.0 Å². The minimum Gasteiger partial charge on any atom is -0.491 e. The van der Waals surface area contributed by atoms with Gasteiger partial charge in [0, 0.05) is 33.2 Å². The molecule has 0 radical (unpaired) electrons. The first-order valence-corrected chi connectivity index (χ1v) is 7.87. The van der Waals surface area contributed by atoms with E-state index >= 15 is 0 Å². The molecule has 1 saturated heterocycles. The molecule has 0 spiro atoms. The molecule has 1 N–H and O–H groups in total. The molecule has 1 aromatic rings. The monoisotopic (exact) mass is 433 g/mol. The van der Waals surface area contributed by atoms with Gasteiger partial charge in [-0.1, -0.05) is 18.2 Å². The van der Waals surface area contributed by atoms with Gasteiger partial charge in [-0.3, -0.25) is 4.99 Å². The van der Waals surface area contributed by atoms with E-state index in [0.717, 1.165) is 49.9 Å². The average Bonchev–Trinajstić information content (AvgIpc) is 2.98. The zero-order valence-electron chi connectivity index (χ0n) is 14.2. The van der Waals surface area contributed by atoms with E-state index in [1.807, 2.05) is 25.2 Å². The standard InChI is InChI=1S/C17H27N3O2.HI/c1-14-6-4-5-7-16(14)22-11-9-19-17(18-2)20-10-8-15(12-20)13-21-3;/h4-7,15H,8-13H2,1-3H3,(H,18,19);1H. The molecule has 6 heteroatoms. The van der Waals surface area contributed by atoms with Gasteiger partial charge in [0.1, 0.15) is 12.4 Å². The van der Waals surface area contributed by atoms with Gasteiger partial charge in [0.2, 0.25) is 0 Å². The number of aryl methyl sites for hydroxylation is 1. The normalized spacial score (nSPS) is 17.8. The van der Waals surface area contributed by atoms with E-state index < -0.39 is 0 Å². The molecule has 0 amide bonds. The number of nitrogens with zero attached hydrogens (tertiary/aromatic N) is 2. The first-order chi connectivity index (χ1) is 10.7. The summed E-state index contributed by atoms with van der Waals surface area (Å²) < 4.78 is 11.0. The fourth-order valence-electron chi connectivity index (χ4n) is 2.77. The van der Waals surface area contributed by atoms with Gasteiger partial charge in [-0.2, -0.15) is 0 Å². The molecule has 0 aliphatic carbocycles. The van der Waals surface area contributed by atoms with Crippen molar-refractivity contribution in [3.63, 3.8) is 0 Å². The van der Waals surface area contributed by atoms with Crippen molar-refractivity contribution >= 4 is 29.9 Å². The van der Waals surface area contributed by atoms with Crippen LogP contribution in [0.2, 0.25) is 0 Å². The van der Waals surface area contributed by atoms with Crippen molar-refractivity contribution in [2.75, 3.05) is 47.0 Å². The summed E-state index contributed by atoms with van der Waals surface area (Å²) in [5, 5.41) is 3.37. The number of para-hydroxylation sites is 1. The number of halogens is 1. The largest absolute Gasteiger partial charge is 0.491 e. The molecular formula is C17H28IN3O2. The van der Waals surface area contributed by atoms with Crippen molar-refractivity contribution in [2.24, 2.45) is 10.9 Å². The molecule has 1 fully saturated rings. The van der Waals surface area contributed by atoms with E-state index in [4.69, 9.17) is 9.47 Å². The second kappa shape index (κ2) is 10.7. The van der Waals surface area contributed by atoms with Gasteiger partial charge in [0.15, 0.2) is 5.96 Å². The highest BCUT2D eigenvalue weighted by Crippen LogP contribution is 2.17. The number of hydrogen-bond donors (Lipinski definition) is 1. The first kappa shape index (κ1) is 20.0. The van der Waals surface area contributed by atoms with Crippen LogP contribution in [0.3, 0.4) is 0 Å². The first-order valence-electron chi connectivity index (χ1n) is 7.87. The number of guanidine groups is 1. The van der Waals surface area contributed by atoms with E-state index in [1.54, 1.807) is 7.11 Å². The predicted molar refractivity (Wildman–Crippen MR) is 105 cm³/mol. The summed E-state index contributed by atoms with van der Waals surface area (Å²) in [6.45, 7) is 6.29. The Hall–Kier alpha value is -1.02. The zero-order chi connectivity index (χ0) is 15.8. The SMILES string of the molecule is CN=C(NCCOc1ccccc1C)N1CCC(COC)C1.I. The third-order valence-electron chi connectivity index (χ3n) is 3.94. The number of aliphatic imine (C=N–C) groups is 1. The topological polar surface area (TPSA) is 46.1 Å². The molecule has 1 aliphatic rings. The van der Waals surface area contributed by atoms with E-state index in [0.29, 0.717) is 12.5 Å². The van der Waals surface area contributed by atoms with Crippen LogP contribution in [-0.4, -0.2) is 57.9 Å². The molecule has 23 heavy (non-hydrogen) atoms. The maximum absolute atomic E-state index is 5.80. The Bertz CT molecular complexity index is 496. The number of likely N-dealkylation sites (tertiary alicyclic amines) is 1. The lowest BCUT2D eigenvalue weighted by molar-refractivity contribution is 0.157. The van der Waals surface area contributed by atoms with E-state index in [9.17, 15) is 0 Å². The van der Waals surface area contributed by atoms with Gasteiger partial charge in [-0.25, -0.2) is 0 Å². The number of rotatable bonds is 6. The van der Waals surface area contributed by atoms with Crippen molar-refractivity contribution in [1.29, 1.82) is 0 Å². The zero-order valence-corrected chi connectivity index (χ0v) is 16.6. The lowest BCUT2D eigenvalue weighted by atomic mass is 10.1. The van der Waals surface area contributed by atoms with E-state index in [1.165, 1.54) is 0 Å². The summed E-state index contributed by atoms with van der Waals surface area (Å²) in [4.78, 5) is 6.65. The Morgan fingerprint density at radius 1 is 1.39 bits per heavy atom. The number of nitrogens with one attached hydrogen (secondary N) is 1. The highest BCUT2D eigenvalue weighted by atomic mass is 127. The lowest BCUT2D eigenvalue weighted by Crippen LogP contribution is -2.41. The summed E-state index contributed by atoms with van der Waals surface area (Å²) in [7, 11) is 3.59. The van der Waals surface area contributed by atoms with Crippen molar-refractivity contribution in [2.45, 2.75) is 13.3 Å². The van der Waals surface area contributed by atoms with Crippen molar-refractivity contribution in [1.82, 2.24) is 10.2 Å². The van der Waals surface area contributed by atoms with Crippen LogP contribution < -0.4 is 10.1 Å². The van der Waals surface area contributed by atoms with Gasteiger partial charge in [-0.15, -0.1) is 24.0 Å². The molecule has 1 aliphatic heterocycles. The van der Waals surface area contributed by atoms with Gasteiger partial charge in [0.05, 0.1) is 13.2 Å². The van der Waals surface area contributed by atoms with Crippen LogP contribution in [0.4, 0.5) is 0 Å². The molecule has 1 heterocycles. The number of methoxy groups -OCH3 is 1. The third kappa shape index (κ3) is 6.18. The fraction of sp³-hybridized carbons (Fsp3) is 0.588. The summed E-state index contributed by atoms with van der Waals surface area (Å²) in [5.41, 5.74) is 1.16. The van der Waals surface area contributed by atoms with Crippen LogP contribution in [0.5, 0.6) is 5.75 Å². The summed E-state index contributed by atoms with van der Waals surface area (Å²) >= 11 is 0. The Morgan fingerprint density at radius 2 is 2.17 bits per heavy atom. The molecule has 1 atom stereocenters. The lowest BCUT2D eigenvalue weighted by Gasteiger charge is -2.21. The number of hydrogen-bond acceptors (Lipinski definition) is 3. The van der Waals surface area contributed by atoms with Crippen LogP contribution in [0.1, 0.15) is 12.0 Å². The van der Waals surface area contributed by atoms with Crippen molar-refractivity contribution in [3.8, 4) is 5.75 Å². The van der Waals surface area contributed by atoms with Crippen LogP contribution in [0.15, 0.2) is 29.3 Å². The third-order valence-corrected chi connectivity index (χ3v) is 3.94. The smallest absolute Gasteiger partial charge is 0.193 e. The molecule has 0 saturated carbocycles. The predicted octanol–water partition coefficient (Wildman–Crippen LogP) is 2.54. The second-order valence-electron chi connectivity index (χ2n) is 5.64. The fourth-order valence-corrected chi connectivity index (χ4v) is 2.77. The Morgan fingerprint density at radius 3 is 2.87 bits per heavy atom. The molecule has 0 aromatic heterocycles. The molecule has 1 unspecified atom stereocenters. The minimum absolute atomic E-state index is 0. The average molecular weight is 433 g/mol. The highest BCUT2D eigenvalue weighted by molar-refractivity contribution is 14.0. The minimum atomic E-state index is 0. The van der Waals surface area contributed by atoms with Gasteiger partial charge in [-0.05, 0) is 25.0 Å². The Balaban J connectivity index is 0.00000264. The van der Waals surface area contributed by atoms with E-state index in [-0.39, 0.29) is 24.0 Å². The maximum atomic E-state index is 5.80. The van der Waals surface area contributed by atoms with Crippen LogP contribution in [0.25, 0.3) is 0 Å². The van der Waals surface area contributed by atoms with Gasteiger partial charge >= 0.3 is 0 Å². The maximum Gasteiger partial charge on any atom is 0.193 e. The molecule has 1 aromatic carbocycles. The number of ether oxygens (including phenoxy) is 2. The Labute approximate surface area is 156 Å². The number of benzene rings is 1. The van der Waals surface area contributed by atoms with Crippen LogP contribution in [0, 0.1) is 12.8 Å². The molecule has 2 rings (SSSR count). The summed E-state index contributed by atoms with van der Waals surface area (Å²) in [5.74, 6) is 2.50.